The predicted octanol–water partition coefficient (Wildman–Crippen LogP) is 2.18. The number of nitriles is 1. The van der Waals surface area contributed by atoms with Crippen molar-refractivity contribution in [1.29, 1.82) is 5.26 Å². The molecule has 2 aromatic rings. The van der Waals surface area contributed by atoms with Crippen molar-refractivity contribution in [3.63, 3.8) is 0 Å². The zero-order valence-electron chi connectivity index (χ0n) is 8.92. The van der Waals surface area contributed by atoms with Gasteiger partial charge in [0.15, 0.2) is 0 Å². The fraction of sp³-hybridized carbons (Fsp3) is 0.167. The smallest absolute Gasteiger partial charge is 0.129 e. The van der Waals surface area contributed by atoms with Crippen LogP contribution in [-0.4, -0.2) is 12.0 Å². The Hall–Kier alpha value is -2.28. The molecule has 0 amide bonds. The maximum absolute atomic E-state index is 8.79. The molecule has 2 aromatic heterocycles. The number of anilines is 1. The van der Waals surface area contributed by atoms with Crippen molar-refractivity contribution in [3.8, 4) is 6.07 Å². The van der Waals surface area contributed by atoms with E-state index in [1.54, 1.807) is 30.9 Å². The molecule has 0 N–H and O–H groups in total. The lowest BCUT2D eigenvalue weighted by Crippen LogP contribution is -2.17. The number of aromatic nitrogens is 1. The van der Waals surface area contributed by atoms with Crippen LogP contribution in [0, 0.1) is 11.3 Å². The van der Waals surface area contributed by atoms with Gasteiger partial charge >= 0.3 is 0 Å². The van der Waals surface area contributed by atoms with Crippen LogP contribution in [0.3, 0.4) is 0 Å². The van der Waals surface area contributed by atoms with E-state index in [1.807, 2.05) is 18.0 Å². The van der Waals surface area contributed by atoms with Crippen LogP contribution in [-0.2, 0) is 6.54 Å². The normalized spacial score (nSPS) is 9.75. The average molecular weight is 213 g/mol. The molecule has 2 rings (SSSR count). The summed E-state index contributed by atoms with van der Waals surface area (Å²) in [6, 6.07) is 7.46. The SMILES string of the molecule is CN(Cc1ccoc1)c1cc(C#N)ccn1. The fourth-order valence-corrected chi connectivity index (χ4v) is 1.43. The second-order valence-corrected chi connectivity index (χ2v) is 3.50. The fourth-order valence-electron chi connectivity index (χ4n) is 1.43. The minimum absolute atomic E-state index is 0.615. The zero-order chi connectivity index (χ0) is 11.4. The van der Waals surface area contributed by atoms with Crippen LogP contribution in [0.4, 0.5) is 5.82 Å². The molecule has 16 heavy (non-hydrogen) atoms. The molecule has 0 spiro atoms. The van der Waals surface area contributed by atoms with Gasteiger partial charge in [0.1, 0.15) is 5.82 Å². The Labute approximate surface area is 93.7 Å². The minimum atomic E-state index is 0.615. The molecular weight excluding hydrogens is 202 g/mol. The van der Waals surface area contributed by atoms with E-state index in [1.165, 1.54) is 0 Å². The largest absolute Gasteiger partial charge is 0.472 e. The first-order chi connectivity index (χ1) is 7.79. The maximum atomic E-state index is 8.79. The Kier molecular flexibility index (Phi) is 2.88. The van der Waals surface area contributed by atoms with Gasteiger partial charge in [0, 0.05) is 25.4 Å². The van der Waals surface area contributed by atoms with Gasteiger partial charge in [-0.2, -0.15) is 5.26 Å². The van der Waals surface area contributed by atoms with E-state index in [0.717, 1.165) is 11.4 Å². The quantitative estimate of drug-likeness (QED) is 0.784. The van der Waals surface area contributed by atoms with Gasteiger partial charge in [0.2, 0.25) is 0 Å². The van der Waals surface area contributed by atoms with Crippen LogP contribution >= 0.6 is 0 Å². The number of pyridine rings is 1. The molecule has 0 aliphatic carbocycles. The average Bonchev–Trinajstić information content (AvgIpc) is 2.82. The van der Waals surface area contributed by atoms with Gasteiger partial charge < -0.3 is 9.32 Å². The van der Waals surface area contributed by atoms with Gasteiger partial charge in [-0.25, -0.2) is 4.98 Å². The summed E-state index contributed by atoms with van der Waals surface area (Å²) in [6.07, 6.45) is 4.98. The Morgan fingerprint density at radius 1 is 1.50 bits per heavy atom. The molecule has 0 radical (unpaired) electrons. The lowest BCUT2D eigenvalue weighted by atomic mass is 10.2. The molecule has 0 aromatic carbocycles. The van der Waals surface area contributed by atoms with Crippen molar-refractivity contribution < 1.29 is 4.42 Å². The van der Waals surface area contributed by atoms with E-state index in [4.69, 9.17) is 9.68 Å². The highest BCUT2D eigenvalue weighted by molar-refractivity contribution is 5.44. The van der Waals surface area contributed by atoms with E-state index < -0.39 is 0 Å². The van der Waals surface area contributed by atoms with Gasteiger partial charge in [-0.3, -0.25) is 0 Å². The van der Waals surface area contributed by atoms with Gasteiger partial charge in [-0.15, -0.1) is 0 Å². The Morgan fingerprint density at radius 3 is 3.06 bits per heavy atom. The summed E-state index contributed by atoms with van der Waals surface area (Å²) in [5, 5.41) is 8.79. The lowest BCUT2D eigenvalue weighted by Gasteiger charge is -2.16. The molecule has 0 bridgehead atoms. The number of nitrogens with zero attached hydrogens (tertiary/aromatic N) is 3. The minimum Gasteiger partial charge on any atom is -0.472 e. The molecule has 4 heteroatoms. The third kappa shape index (κ3) is 2.20. The summed E-state index contributed by atoms with van der Waals surface area (Å²) in [5.74, 6) is 0.778. The molecule has 2 heterocycles. The van der Waals surface area contributed by atoms with Gasteiger partial charge in [0.25, 0.3) is 0 Å². The standard InChI is InChI=1S/C12H11N3O/c1-15(8-11-3-5-16-9-11)12-6-10(7-13)2-4-14-12/h2-6,9H,8H2,1H3. The third-order valence-corrected chi connectivity index (χ3v) is 2.27. The van der Waals surface area contributed by atoms with Crippen molar-refractivity contribution in [2.24, 2.45) is 0 Å². The lowest BCUT2D eigenvalue weighted by molar-refractivity contribution is 0.563. The van der Waals surface area contributed by atoms with Crippen LogP contribution < -0.4 is 4.90 Å². The van der Waals surface area contributed by atoms with Gasteiger partial charge in [-0.1, -0.05) is 0 Å². The molecule has 0 fully saturated rings. The molecule has 0 saturated carbocycles. The molecule has 0 aliphatic heterocycles. The van der Waals surface area contributed by atoms with Crippen LogP contribution in [0.15, 0.2) is 41.3 Å². The first-order valence-corrected chi connectivity index (χ1v) is 4.88. The van der Waals surface area contributed by atoms with Crippen molar-refractivity contribution in [2.45, 2.75) is 6.54 Å². The highest BCUT2D eigenvalue weighted by Gasteiger charge is 2.05. The summed E-state index contributed by atoms with van der Waals surface area (Å²) < 4.78 is 5.00. The Bertz CT molecular complexity index is 499. The zero-order valence-corrected chi connectivity index (χ0v) is 8.92. The van der Waals surface area contributed by atoms with Crippen LogP contribution in [0.5, 0.6) is 0 Å². The number of hydrogen-bond donors (Lipinski definition) is 0. The predicted molar refractivity (Wildman–Crippen MR) is 59.8 cm³/mol. The van der Waals surface area contributed by atoms with E-state index in [9.17, 15) is 0 Å². The highest BCUT2D eigenvalue weighted by Crippen LogP contribution is 2.13. The van der Waals surface area contributed by atoms with Crippen molar-refractivity contribution >= 4 is 5.82 Å². The maximum Gasteiger partial charge on any atom is 0.129 e. The van der Waals surface area contributed by atoms with E-state index >= 15 is 0 Å². The van der Waals surface area contributed by atoms with Crippen LogP contribution in [0.25, 0.3) is 0 Å². The van der Waals surface area contributed by atoms with Crippen molar-refractivity contribution in [2.75, 3.05) is 11.9 Å². The molecule has 0 atom stereocenters. The molecular formula is C12H11N3O. The molecule has 0 unspecified atom stereocenters. The molecule has 80 valence electrons. The van der Waals surface area contributed by atoms with E-state index in [2.05, 4.69) is 11.1 Å². The second kappa shape index (κ2) is 4.49. The first-order valence-electron chi connectivity index (χ1n) is 4.88. The van der Waals surface area contributed by atoms with Crippen LogP contribution in [0.1, 0.15) is 11.1 Å². The summed E-state index contributed by atoms with van der Waals surface area (Å²) in [7, 11) is 1.93. The molecule has 0 saturated heterocycles. The van der Waals surface area contributed by atoms with Gasteiger partial charge in [-0.05, 0) is 18.2 Å². The summed E-state index contributed by atoms with van der Waals surface area (Å²) >= 11 is 0. The molecule has 0 aliphatic rings. The number of furan rings is 1. The number of hydrogen-bond acceptors (Lipinski definition) is 4. The summed E-state index contributed by atoms with van der Waals surface area (Å²) in [4.78, 5) is 6.18. The molecule has 4 nitrogen and oxygen atoms in total. The topological polar surface area (TPSA) is 53.1 Å². The van der Waals surface area contributed by atoms with E-state index in [0.29, 0.717) is 12.1 Å². The van der Waals surface area contributed by atoms with Crippen molar-refractivity contribution in [3.05, 3.63) is 48.0 Å². The Morgan fingerprint density at radius 2 is 2.38 bits per heavy atom. The monoisotopic (exact) mass is 213 g/mol. The second-order valence-electron chi connectivity index (χ2n) is 3.50. The third-order valence-electron chi connectivity index (χ3n) is 2.27. The number of rotatable bonds is 3. The first kappa shape index (κ1) is 10.2. The van der Waals surface area contributed by atoms with Gasteiger partial charge in [0.05, 0.1) is 24.2 Å². The van der Waals surface area contributed by atoms with Crippen LogP contribution in [0.2, 0.25) is 0 Å². The van der Waals surface area contributed by atoms with Crippen molar-refractivity contribution in [1.82, 2.24) is 4.98 Å². The summed E-state index contributed by atoms with van der Waals surface area (Å²) in [5.41, 5.74) is 1.69. The Balaban J connectivity index is 2.15. The summed E-state index contributed by atoms with van der Waals surface area (Å²) in [6.45, 7) is 0.707. The van der Waals surface area contributed by atoms with E-state index in [-0.39, 0.29) is 0 Å². The highest BCUT2D eigenvalue weighted by atomic mass is 16.3.